The molecular weight excluding hydrogens is 434 g/mol. The molecule has 4 nitrogen and oxygen atoms in total. The molecule has 0 radical (unpaired) electrons. The highest BCUT2D eigenvalue weighted by atomic mass is 19.4. The lowest BCUT2D eigenvalue weighted by atomic mass is 9.69. The van der Waals surface area contributed by atoms with Crippen molar-refractivity contribution in [2.24, 2.45) is 11.1 Å². The van der Waals surface area contributed by atoms with Crippen LogP contribution in [0.5, 0.6) is 0 Å². The van der Waals surface area contributed by atoms with Gasteiger partial charge in [0.1, 0.15) is 0 Å². The molecule has 10 heteroatoms. The van der Waals surface area contributed by atoms with Gasteiger partial charge >= 0.3 is 12.4 Å². The average molecular weight is 446 g/mol. The number of halogens is 6. The maximum absolute atomic E-state index is 13.0. The highest BCUT2D eigenvalue weighted by Crippen LogP contribution is 2.58. The second-order valence-electron chi connectivity index (χ2n) is 7.17. The van der Waals surface area contributed by atoms with E-state index in [1.54, 1.807) is 12.1 Å². The minimum atomic E-state index is -4.63. The minimum absolute atomic E-state index is 0.110. The molecule has 0 spiro atoms. The van der Waals surface area contributed by atoms with Gasteiger partial charge in [-0.3, -0.25) is 0 Å². The molecule has 0 aliphatic heterocycles. The number of benzene rings is 2. The predicted molar refractivity (Wildman–Crippen MR) is 98.9 cm³/mol. The van der Waals surface area contributed by atoms with Crippen LogP contribution in [0.3, 0.4) is 0 Å². The number of nitriles is 3. The Morgan fingerprint density at radius 1 is 0.719 bits per heavy atom. The third-order valence-electron chi connectivity index (χ3n) is 5.49. The average Bonchev–Trinajstić information content (AvgIpc) is 3.00. The summed E-state index contributed by atoms with van der Waals surface area (Å²) in [5.41, 5.74) is 1.68. The molecule has 0 bridgehead atoms. The van der Waals surface area contributed by atoms with Gasteiger partial charge in [-0.2, -0.15) is 42.1 Å². The van der Waals surface area contributed by atoms with E-state index < -0.39 is 40.7 Å². The third-order valence-corrected chi connectivity index (χ3v) is 5.49. The van der Waals surface area contributed by atoms with Crippen LogP contribution in [0, 0.1) is 39.4 Å². The van der Waals surface area contributed by atoms with Crippen molar-refractivity contribution in [1.82, 2.24) is 0 Å². The Hall–Kier alpha value is -3.97. The molecule has 1 aliphatic rings. The lowest BCUT2D eigenvalue weighted by molar-refractivity contribution is -0.138. The lowest BCUT2D eigenvalue weighted by Crippen LogP contribution is -2.29. The highest BCUT2D eigenvalue weighted by Gasteiger charge is 2.56. The van der Waals surface area contributed by atoms with E-state index in [2.05, 4.69) is 0 Å². The molecule has 0 heterocycles. The summed E-state index contributed by atoms with van der Waals surface area (Å²) in [4.78, 5) is 0. The van der Waals surface area contributed by atoms with Crippen molar-refractivity contribution in [2.75, 3.05) is 0 Å². The fourth-order valence-corrected chi connectivity index (χ4v) is 3.94. The first kappa shape index (κ1) is 22.7. The van der Waals surface area contributed by atoms with Crippen LogP contribution >= 0.6 is 0 Å². The van der Waals surface area contributed by atoms with Gasteiger partial charge in [0.15, 0.2) is 5.41 Å². The Bertz CT molecular complexity index is 1170. The smallest absolute Gasteiger partial charge is 0.399 e. The van der Waals surface area contributed by atoms with E-state index in [4.69, 9.17) is 5.73 Å². The number of alkyl halides is 6. The maximum Gasteiger partial charge on any atom is 0.416 e. The molecule has 32 heavy (non-hydrogen) atoms. The molecule has 1 aliphatic carbocycles. The second-order valence-corrected chi connectivity index (χ2v) is 7.17. The van der Waals surface area contributed by atoms with Crippen molar-refractivity contribution < 1.29 is 26.3 Å². The van der Waals surface area contributed by atoms with Gasteiger partial charge in [-0.15, -0.1) is 0 Å². The summed E-state index contributed by atoms with van der Waals surface area (Å²) in [5, 5.41) is 29.3. The molecule has 0 amide bonds. The van der Waals surface area contributed by atoms with Gasteiger partial charge in [0, 0.05) is 11.8 Å². The Morgan fingerprint density at radius 2 is 1.12 bits per heavy atom. The first-order chi connectivity index (χ1) is 14.9. The summed E-state index contributed by atoms with van der Waals surface area (Å²) in [6, 6.07) is 12.8. The van der Waals surface area contributed by atoms with E-state index in [1.165, 1.54) is 0 Å². The van der Waals surface area contributed by atoms with Gasteiger partial charge in [-0.1, -0.05) is 24.3 Å². The summed E-state index contributed by atoms with van der Waals surface area (Å²) < 4.78 is 77.8. The number of nitrogens with two attached hydrogens (primary N) is 1. The summed E-state index contributed by atoms with van der Waals surface area (Å²) in [6.07, 6.45) is -9.24. The van der Waals surface area contributed by atoms with Crippen LogP contribution in [0.25, 0.3) is 0 Å². The van der Waals surface area contributed by atoms with Crippen molar-refractivity contribution in [2.45, 2.75) is 24.2 Å². The molecule has 2 aromatic carbocycles. The van der Waals surface area contributed by atoms with Crippen LogP contribution in [0.1, 0.15) is 34.1 Å². The van der Waals surface area contributed by atoms with Crippen molar-refractivity contribution in [1.29, 1.82) is 15.8 Å². The molecule has 0 saturated heterocycles. The van der Waals surface area contributed by atoms with Gasteiger partial charge in [-0.25, -0.2) is 0 Å². The molecule has 2 N–H and O–H groups in total. The monoisotopic (exact) mass is 446 g/mol. The van der Waals surface area contributed by atoms with E-state index in [1.807, 2.05) is 6.07 Å². The molecule has 0 unspecified atom stereocenters. The standard InChI is InChI=1S/C22H12F6N4/c23-21(24,25)14-5-1-12(2-6-14)17-16(9-29)19(32)20(10-30,11-31)18(17)13-3-7-15(8-4-13)22(26,27)28/h1-8,17-18H,32H2/t17-,18+/m1/s1. The van der Waals surface area contributed by atoms with Gasteiger partial charge in [0.05, 0.1) is 40.6 Å². The summed E-state index contributed by atoms with van der Waals surface area (Å²) in [7, 11) is 0. The van der Waals surface area contributed by atoms with Crippen LogP contribution in [-0.2, 0) is 12.4 Å². The normalized spacial score (nSPS) is 20.3. The van der Waals surface area contributed by atoms with E-state index in [0.29, 0.717) is 0 Å². The van der Waals surface area contributed by atoms with Crippen LogP contribution in [0.2, 0.25) is 0 Å². The van der Waals surface area contributed by atoms with Crippen LogP contribution in [0.4, 0.5) is 26.3 Å². The molecule has 0 fully saturated rings. The molecule has 2 aromatic rings. The first-order valence-electron chi connectivity index (χ1n) is 8.97. The molecular formula is C22H12F6N4. The van der Waals surface area contributed by atoms with Gasteiger partial charge < -0.3 is 5.73 Å². The van der Waals surface area contributed by atoms with E-state index in [-0.39, 0.29) is 22.4 Å². The second kappa shape index (κ2) is 7.62. The summed E-state index contributed by atoms with van der Waals surface area (Å²) >= 11 is 0. The quantitative estimate of drug-likeness (QED) is 0.627. The SMILES string of the molecule is N#CC1=C(N)C(C#N)(C#N)[C@@H](c2ccc(C(F)(F)F)cc2)[C@@H]1c1ccc(C(F)(F)F)cc1. The van der Waals surface area contributed by atoms with Gasteiger partial charge in [0.2, 0.25) is 0 Å². The largest absolute Gasteiger partial charge is 0.416 e. The molecule has 0 aromatic heterocycles. The Morgan fingerprint density at radius 3 is 1.47 bits per heavy atom. The molecule has 2 atom stereocenters. The van der Waals surface area contributed by atoms with E-state index in [9.17, 15) is 42.1 Å². The fourth-order valence-electron chi connectivity index (χ4n) is 3.94. The number of hydrogen-bond acceptors (Lipinski definition) is 4. The Kier molecular flexibility index (Phi) is 5.41. The van der Waals surface area contributed by atoms with E-state index >= 15 is 0 Å². The van der Waals surface area contributed by atoms with Crippen molar-refractivity contribution >= 4 is 0 Å². The zero-order chi connectivity index (χ0) is 23.9. The zero-order valence-corrected chi connectivity index (χ0v) is 16.0. The maximum atomic E-state index is 13.0. The number of allylic oxidation sites excluding steroid dienone is 2. The molecule has 0 saturated carbocycles. The number of hydrogen-bond donors (Lipinski definition) is 1. The van der Waals surface area contributed by atoms with Crippen molar-refractivity contribution in [3.63, 3.8) is 0 Å². The zero-order valence-electron chi connectivity index (χ0n) is 16.0. The van der Waals surface area contributed by atoms with Crippen molar-refractivity contribution in [3.05, 3.63) is 82.1 Å². The van der Waals surface area contributed by atoms with Gasteiger partial charge in [-0.05, 0) is 35.4 Å². The topological polar surface area (TPSA) is 97.4 Å². The van der Waals surface area contributed by atoms with Crippen LogP contribution in [0.15, 0.2) is 59.8 Å². The lowest BCUT2D eigenvalue weighted by Gasteiger charge is -2.28. The number of nitrogens with zero attached hydrogens (tertiary/aromatic N) is 3. The highest BCUT2D eigenvalue weighted by molar-refractivity contribution is 5.58. The number of rotatable bonds is 2. The summed E-state index contributed by atoms with van der Waals surface area (Å²) in [5.74, 6) is -2.33. The van der Waals surface area contributed by atoms with Crippen LogP contribution in [-0.4, -0.2) is 0 Å². The Labute approximate surface area is 178 Å². The van der Waals surface area contributed by atoms with Crippen LogP contribution < -0.4 is 5.73 Å². The minimum Gasteiger partial charge on any atom is -0.399 e. The molecule has 162 valence electrons. The molecule has 3 rings (SSSR count). The first-order valence-corrected chi connectivity index (χ1v) is 8.97. The Balaban J connectivity index is 2.22. The fraction of sp³-hybridized carbons (Fsp3) is 0.227. The van der Waals surface area contributed by atoms with Crippen molar-refractivity contribution in [3.8, 4) is 18.2 Å². The third kappa shape index (κ3) is 3.52. The van der Waals surface area contributed by atoms with E-state index in [0.717, 1.165) is 48.5 Å². The summed E-state index contributed by atoms with van der Waals surface area (Å²) in [6.45, 7) is 0. The predicted octanol–water partition coefficient (Wildman–Crippen LogP) is 5.38. The van der Waals surface area contributed by atoms with Gasteiger partial charge in [0.25, 0.3) is 0 Å².